The van der Waals surface area contributed by atoms with Gasteiger partial charge in [-0.3, -0.25) is 4.98 Å². The van der Waals surface area contributed by atoms with Crippen molar-refractivity contribution in [2.45, 2.75) is 6.42 Å². The second-order valence-electron chi connectivity index (χ2n) is 6.49. The van der Waals surface area contributed by atoms with E-state index in [0.29, 0.717) is 56.1 Å². The van der Waals surface area contributed by atoms with Crippen LogP contribution in [-0.4, -0.2) is 66.2 Å². The monoisotopic (exact) mass is 391 g/mol. The minimum atomic E-state index is -3.23. The molecule has 3 aromatic rings. The Kier molecular flexibility index (Phi) is 4.85. The van der Waals surface area contributed by atoms with Crippen molar-refractivity contribution in [1.29, 1.82) is 0 Å². The Bertz CT molecular complexity index is 1120. The summed E-state index contributed by atoms with van der Waals surface area (Å²) < 4.78 is 31.8. The number of hydrogen-bond acceptors (Lipinski definition) is 6. The highest BCUT2D eigenvalue weighted by Gasteiger charge is 2.23. The lowest BCUT2D eigenvalue weighted by molar-refractivity contribution is 0.314. The number of H-pyrrole nitrogens is 2. The fraction of sp³-hybridized carbons (Fsp3) is 0.412. The van der Waals surface area contributed by atoms with Crippen molar-refractivity contribution in [3.05, 3.63) is 34.7 Å². The predicted octanol–water partition coefficient (Wildman–Crippen LogP) is 0.408. The summed E-state index contributed by atoms with van der Waals surface area (Å²) in [7, 11) is -3.23. The first-order chi connectivity index (χ1) is 13.0. The van der Waals surface area contributed by atoms with Crippen LogP contribution in [-0.2, 0) is 10.0 Å². The zero-order chi connectivity index (χ0) is 18.9. The van der Waals surface area contributed by atoms with Gasteiger partial charge in [-0.25, -0.2) is 18.2 Å². The van der Waals surface area contributed by atoms with Crippen molar-refractivity contribution in [3.8, 4) is 5.75 Å². The van der Waals surface area contributed by atoms with Gasteiger partial charge < -0.3 is 15.0 Å². The summed E-state index contributed by atoms with van der Waals surface area (Å²) in [4.78, 5) is 21.1. The van der Waals surface area contributed by atoms with Gasteiger partial charge in [0.15, 0.2) is 5.65 Å². The van der Waals surface area contributed by atoms with Crippen molar-refractivity contribution < 1.29 is 13.2 Å². The minimum Gasteiger partial charge on any atom is -0.494 e. The molecular weight excluding hydrogens is 370 g/mol. The summed E-state index contributed by atoms with van der Waals surface area (Å²) in [6, 6.07) is 7.26. The standard InChI is InChI=1S/C17H21N5O4S/c23-17-20-15-11-12-10-13(2-3-14(12)19-16(15)21-17)26-8-1-9-27(24,25)22-6-4-18-5-7-22/h2-3,10-11,18H,1,4-9H2,(H2,19,20,21,23). The Morgan fingerprint density at radius 2 is 1.96 bits per heavy atom. The third kappa shape index (κ3) is 3.97. The average Bonchev–Trinajstić information content (AvgIpc) is 3.02. The molecule has 9 nitrogen and oxygen atoms in total. The van der Waals surface area contributed by atoms with Crippen LogP contribution in [0.1, 0.15) is 6.42 Å². The largest absolute Gasteiger partial charge is 0.494 e. The van der Waals surface area contributed by atoms with Crippen LogP contribution in [0.4, 0.5) is 0 Å². The van der Waals surface area contributed by atoms with Gasteiger partial charge >= 0.3 is 5.69 Å². The molecule has 0 saturated carbocycles. The van der Waals surface area contributed by atoms with Gasteiger partial charge in [-0.05, 0) is 30.7 Å². The zero-order valence-corrected chi connectivity index (χ0v) is 15.5. The molecule has 3 N–H and O–H groups in total. The van der Waals surface area contributed by atoms with Crippen molar-refractivity contribution in [2.24, 2.45) is 0 Å². The van der Waals surface area contributed by atoms with Crippen LogP contribution in [0, 0.1) is 0 Å². The van der Waals surface area contributed by atoms with Crippen LogP contribution in [0.2, 0.25) is 0 Å². The number of fused-ring (bicyclic) bond motifs is 2. The van der Waals surface area contributed by atoms with Crippen LogP contribution < -0.4 is 15.7 Å². The van der Waals surface area contributed by atoms with Crippen LogP contribution in [0.25, 0.3) is 22.1 Å². The first-order valence-electron chi connectivity index (χ1n) is 8.85. The lowest BCUT2D eigenvalue weighted by Crippen LogP contribution is -2.47. The third-order valence-corrected chi connectivity index (χ3v) is 6.51. The molecule has 0 bridgehead atoms. The summed E-state index contributed by atoms with van der Waals surface area (Å²) in [5, 5.41) is 3.98. The van der Waals surface area contributed by atoms with Gasteiger partial charge in [0.1, 0.15) is 5.75 Å². The van der Waals surface area contributed by atoms with E-state index in [1.54, 1.807) is 6.07 Å². The number of pyridine rings is 1. The number of piperazine rings is 1. The molecular formula is C17H21N5O4S. The highest BCUT2D eigenvalue weighted by Crippen LogP contribution is 2.22. The zero-order valence-electron chi connectivity index (χ0n) is 14.7. The lowest BCUT2D eigenvalue weighted by atomic mass is 10.2. The molecule has 0 unspecified atom stereocenters. The number of sulfonamides is 1. The van der Waals surface area contributed by atoms with Crippen LogP contribution in [0.3, 0.4) is 0 Å². The second-order valence-corrected chi connectivity index (χ2v) is 8.57. The van der Waals surface area contributed by atoms with E-state index in [4.69, 9.17) is 4.74 Å². The molecule has 4 rings (SSSR count). The summed E-state index contributed by atoms with van der Waals surface area (Å²) in [5.74, 6) is 0.717. The molecule has 2 aromatic heterocycles. The van der Waals surface area contributed by atoms with E-state index in [2.05, 4.69) is 20.3 Å². The van der Waals surface area contributed by atoms with Gasteiger partial charge in [-0.1, -0.05) is 0 Å². The first-order valence-corrected chi connectivity index (χ1v) is 10.5. The fourth-order valence-electron chi connectivity index (χ4n) is 3.18. The van der Waals surface area contributed by atoms with Crippen molar-refractivity contribution in [1.82, 2.24) is 24.6 Å². The summed E-state index contributed by atoms with van der Waals surface area (Å²) >= 11 is 0. The molecule has 1 aliphatic heterocycles. The van der Waals surface area contributed by atoms with E-state index < -0.39 is 10.0 Å². The number of rotatable bonds is 6. The molecule has 0 radical (unpaired) electrons. The molecule has 0 aliphatic carbocycles. The quantitative estimate of drug-likeness (QED) is 0.524. The highest BCUT2D eigenvalue weighted by atomic mass is 32.2. The normalized spacial score (nSPS) is 16.1. The average molecular weight is 391 g/mol. The number of hydrogen-bond donors (Lipinski definition) is 3. The number of aromatic nitrogens is 3. The maximum absolute atomic E-state index is 12.3. The van der Waals surface area contributed by atoms with E-state index in [-0.39, 0.29) is 11.4 Å². The van der Waals surface area contributed by atoms with E-state index in [1.165, 1.54) is 4.31 Å². The molecule has 10 heteroatoms. The SMILES string of the molecule is O=c1[nH]c2cc3cc(OCCCS(=O)(=O)N4CCNCC4)ccc3nc2[nH]1. The lowest BCUT2D eigenvalue weighted by Gasteiger charge is -2.26. The summed E-state index contributed by atoms with van der Waals surface area (Å²) in [5.41, 5.74) is 1.59. The second kappa shape index (κ2) is 7.29. The number of imidazole rings is 1. The van der Waals surface area contributed by atoms with E-state index in [9.17, 15) is 13.2 Å². The molecule has 1 fully saturated rings. The van der Waals surface area contributed by atoms with Crippen molar-refractivity contribution >= 4 is 32.1 Å². The maximum Gasteiger partial charge on any atom is 0.325 e. The number of benzene rings is 1. The number of aromatic amines is 2. The van der Waals surface area contributed by atoms with Crippen LogP contribution >= 0.6 is 0 Å². The fourth-order valence-corrected chi connectivity index (χ4v) is 4.66. The predicted molar refractivity (Wildman–Crippen MR) is 103 cm³/mol. The van der Waals surface area contributed by atoms with E-state index in [1.807, 2.05) is 18.2 Å². The van der Waals surface area contributed by atoms with Crippen LogP contribution in [0.15, 0.2) is 29.1 Å². The molecule has 0 amide bonds. The van der Waals surface area contributed by atoms with Gasteiger partial charge in [0.25, 0.3) is 0 Å². The summed E-state index contributed by atoms with van der Waals surface area (Å²) in [6.07, 6.45) is 0.423. The number of ether oxygens (including phenoxy) is 1. The first kappa shape index (κ1) is 18.0. The van der Waals surface area contributed by atoms with Crippen LogP contribution in [0.5, 0.6) is 5.75 Å². The van der Waals surface area contributed by atoms with Gasteiger partial charge in [0.05, 0.1) is 23.4 Å². The Balaban J connectivity index is 1.38. The highest BCUT2D eigenvalue weighted by molar-refractivity contribution is 7.89. The van der Waals surface area contributed by atoms with Crippen molar-refractivity contribution in [3.63, 3.8) is 0 Å². The summed E-state index contributed by atoms with van der Waals surface area (Å²) in [6.45, 7) is 2.75. The van der Waals surface area contributed by atoms with E-state index >= 15 is 0 Å². The smallest absolute Gasteiger partial charge is 0.325 e. The molecule has 144 valence electrons. The van der Waals surface area contributed by atoms with Gasteiger partial charge in [-0.15, -0.1) is 0 Å². The Morgan fingerprint density at radius 1 is 1.15 bits per heavy atom. The van der Waals surface area contributed by atoms with Gasteiger partial charge in [0.2, 0.25) is 10.0 Å². The number of nitrogens with zero attached hydrogens (tertiary/aromatic N) is 2. The third-order valence-electron chi connectivity index (χ3n) is 4.55. The molecule has 1 aromatic carbocycles. The molecule has 27 heavy (non-hydrogen) atoms. The molecule has 1 aliphatic rings. The molecule has 0 atom stereocenters. The molecule has 0 spiro atoms. The Hall–Kier alpha value is -2.43. The van der Waals surface area contributed by atoms with Gasteiger partial charge in [-0.2, -0.15) is 4.31 Å². The Morgan fingerprint density at radius 3 is 2.78 bits per heavy atom. The molecule has 3 heterocycles. The number of nitrogens with one attached hydrogen (secondary N) is 3. The van der Waals surface area contributed by atoms with E-state index in [0.717, 1.165) is 10.9 Å². The topological polar surface area (TPSA) is 120 Å². The minimum absolute atomic E-state index is 0.0767. The molecule has 1 saturated heterocycles. The maximum atomic E-state index is 12.3. The van der Waals surface area contributed by atoms with Gasteiger partial charge in [0, 0.05) is 31.6 Å². The van der Waals surface area contributed by atoms with Crippen molar-refractivity contribution in [2.75, 3.05) is 38.5 Å². The Labute approximate surface area is 155 Å².